The number of rotatable bonds is 4. The highest BCUT2D eigenvalue weighted by Crippen LogP contribution is 2.35. The van der Waals surface area contributed by atoms with Gasteiger partial charge in [0.2, 0.25) is 0 Å². The van der Waals surface area contributed by atoms with Crippen molar-refractivity contribution in [2.45, 2.75) is 12.6 Å². The first-order valence-corrected chi connectivity index (χ1v) is 6.20. The van der Waals surface area contributed by atoms with Crippen LogP contribution in [0.5, 0.6) is 11.5 Å². The molecule has 2 aromatic rings. The normalized spacial score (nSPS) is 16.8. The fourth-order valence-corrected chi connectivity index (χ4v) is 2.13. The monoisotopic (exact) mass is 257 g/mol. The van der Waals surface area contributed by atoms with Gasteiger partial charge in [0.25, 0.3) is 0 Å². The van der Waals surface area contributed by atoms with E-state index < -0.39 is 0 Å². The summed E-state index contributed by atoms with van der Waals surface area (Å²) in [5.74, 6) is 1.53. The summed E-state index contributed by atoms with van der Waals surface area (Å²) in [5, 5.41) is 8.97. The molecule has 19 heavy (non-hydrogen) atoms. The van der Waals surface area contributed by atoms with Gasteiger partial charge < -0.3 is 14.7 Å². The molecule has 0 aromatic heterocycles. The average molecular weight is 257 g/mol. The smallest absolute Gasteiger partial charge is 0.128 e. The molecule has 0 fully saturated rings. The third kappa shape index (κ3) is 2.54. The molecule has 0 saturated heterocycles. The summed E-state index contributed by atoms with van der Waals surface area (Å²) in [6.07, 6.45) is 0. The van der Waals surface area contributed by atoms with E-state index in [2.05, 4.69) is 5.48 Å². The van der Waals surface area contributed by atoms with E-state index in [1.165, 1.54) is 0 Å². The Morgan fingerprint density at radius 1 is 1.21 bits per heavy atom. The Hall–Kier alpha value is -2.04. The highest BCUT2D eigenvalue weighted by atomic mass is 16.5. The molecule has 1 aliphatic heterocycles. The van der Waals surface area contributed by atoms with Gasteiger partial charge in [-0.15, -0.1) is 0 Å². The topological polar surface area (TPSA) is 50.7 Å². The fraction of sp³-hybridized carbons (Fsp3) is 0.200. The lowest BCUT2D eigenvalue weighted by atomic mass is 10.1. The lowest BCUT2D eigenvalue weighted by molar-refractivity contribution is 0.113. The van der Waals surface area contributed by atoms with Gasteiger partial charge in [-0.3, -0.25) is 0 Å². The molecule has 0 spiro atoms. The van der Waals surface area contributed by atoms with Crippen LogP contribution in [0.1, 0.15) is 17.2 Å². The zero-order chi connectivity index (χ0) is 13.1. The number of fused-ring (bicyclic) bond motifs is 1. The molecule has 0 saturated carbocycles. The van der Waals surface area contributed by atoms with Crippen molar-refractivity contribution in [2.75, 3.05) is 6.61 Å². The largest absolute Gasteiger partial charge is 0.491 e. The van der Waals surface area contributed by atoms with E-state index in [4.69, 9.17) is 14.7 Å². The second-order valence-electron chi connectivity index (χ2n) is 4.47. The lowest BCUT2D eigenvalue weighted by Crippen LogP contribution is -2.17. The van der Waals surface area contributed by atoms with Crippen LogP contribution in [0, 0.1) is 0 Å². The first-order valence-electron chi connectivity index (χ1n) is 6.20. The quantitative estimate of drug-likeness (QED) is 0.827. The number of hydrogen-bond donors (Lipinski definition) is 2. The van der Waals surface area contributed by atoms with Crippen LogP contribution in [0.4, 0.5) is 0 Å². The molecule has 2 N–H and O–H groups in total. The highest BCUT2D eigenvalue weighted by molar-refractivity contribution is 5.44. The molecule has 2 aromatic carbocycles. The van der Waals surface area contributed by atoms with Gasteiger partial charge >= 0.3 is 0 Å². The number of hydroxylamine groups is 1. The van der Waals surface area contributed by atoms with Crippen molar-refractivity contribution in [3.05, 3.63) is 59.7 Å². The predicted octanol–water partition coefficient (Wildman–Crippen LogP) is 2.68. The van der Waals surface area contributed by atoms with Gasteiger partial charge in [0.15, 0.2) is 0 Å². The number of hydrogen-bond acceptors (Lipinski definition) is 4. The first kappa shape index (κ1) is 12.0. The second-order valence-corrected chi connectivity index (χ2v) is 4.47. The van der Waals surface area contributed by atoms with E-state index >= 15 is 0 Å². The van der Waals surface area contributed by atoms with Gasteiger partial charge in [-0.1, -0.05) is 30.3 Å². The molecule has 3 rings (SSSR count). The Bertz CT molecular complexity index is 557. The highest BCUT2D eigenvalue weighted by Gasteiger charge is 2.23. The molecule has 1 heterocycles. The molecule has 1 atom stereocenters. The summed E-state index contributed by atoms with van der Waals surface area (Å²) in [6, 6.07) is 15.5. The van der Waals surface area contributed by atoms with Gasteiger partial charge in [0.05, 0.1) is 6.04 Å². The van der Waals surface area contributed by atoms with Gasteiger partial charge in [-0.2, -0.15) is 5.48 Å². The molecular formula is C15H15NO3. The summed E-state index contributed by atoms with van der Waals surface area (Å²) in [5.41, 5.74) is 4.31. The Kier molecular flexibility index (Phi) is 3.35. The maximum Gasteiger partial charge on any atom is 0.128 e. The molecule has 4 heteroatoms. The zero-order valence-electron chi connectivity index (χ0n) is 10.4. The molecule has 0 aliphatic carbocycles. The van der Waals surface area contributed by atoms with Crippen molar-refractivity contribution in [2.24, 2.45) is 0 Å². The standard InChI is InChI=1S/C15H15NO3/c17-16-14-10-19-15-8-12(6-7-13(14)15)18-9-11-4-2-1-3-5-11/h1-8,14,16-17H,9-10H2. The van der Waals surface area contributed by atoms with Crippen LogP contribution in [0.15, 0.2) is 48.5 Å². The maximum absolute atomic E-state index is 8.97. The van der Waals surface area contributed by atoms with Crippen molar-refractivity contribution in [1.82, 2.24) is 5.48 Å². The van der Waals surface area contributed by atoms with Crippen molar-refractivity contribution < 1.29 is 14.7 Å². The van der Waals surface area contributed by atoms with Gasteiger partial charge in [0.1, 0.15) is 24.7 Å². The van der Waals surface area contributed by atoms with Gasteiger partial charge in [-0.05, 0) is 17.7 Å². The third-order valence-electron chi connectivity index (χ3n) is 3.17. The van der Waals surface area contributed by atoms with E-state index in [1.54, 1.807) is 0 Å². The SMILES string of the molecule is ONC1COc2cc(OCc3ccccc3)ccc21. The molecule has 0 bridgehead atoms. The maximum atomic E-state index is 8.97. The third-order valence-corrected chi connectivity index (χ3v) is 3.17. The van der Waals surface area contributed by atoms with E-state index in [9.17, 15) is 0 Å². The van der Waals surface area contributed by atoms with E-state index in [0.29, 0.717) is 13.2 Å². The number of benzene rings is 2. The van der Waals surface area contributed by atoms with Crippen LogP contribution in [0.25, 0.3) is 0 Å². The number of ether oxygens (including phenoxy) is 2. The summed E-state index contributed by atoms with van der Waals surface area (Å²) in [6.45, 7) is 0.968. The zero-order valence-corrected chi connectivity index (χ0v) is 10.4. The predicted molar refractivity (Wildman–Crippen MR) is 70.4 cm³/mol. The van der Waals surface area contributed by atoms with Crippen LogP contribution in [-0.4, -0.2) is 11.8 Å². The molecule has 4 nitrogen and oxygen atoms in total. The molecule has 1 aliphatic rings. The summed E-state index contributed by atoms with van der Waals surface area (Å²) in [4.78, 5) is 0. The van der Waals surface area contributed by atoms with Crippen molar-refractivity contribution >= 4 is 0 Å². The van der Waals surface area contributed by atoms with Gasteiger partial charge in [0, 0.05) is 11.6 Å². The number of nitrogens with one attached hydrogen (secondary N) is 1. The van der Waals surface area contributed by atoms with E-state index in [1.807, 2.05) is 48.5 Å². The fourth-order valence-electron chi connectivity index (χ4n) is 2.13. The van der Waals surface area contributed by atoms with E-state index in [0.717, 1.165) is 22.6 Å². The van der Waals surface area contributed by atoms with Gasteiger partial charge in [-0.25, -0.2) is 0 Å². The molecule has 0 radical (unpaired) electrons. The van der Waals surface area contributed by atoms with Crippen LogP contribution in [0.2, 0.25) is 0 Å². The minimum Gasteiger partial charge on any atom is -0.491 e. The van der Waals surface area contributed by atoms with Crippen LogP contribution in [0.3, 0.4) is 0 Å². The van der Waals surface area contributed by atoms with Crippen molar-refractivity contribution in [1.29, 1.82) is 0 Å². The summed E-state index contributed by atoms with van der Waals surface area (Å²) < 4.78 is 11.2. The van der Waals surface area contributed by atoms with Crippen molar-refractivity contribution in [3.8, 4) is 11.5 Å². The Balaban J connectivity index is 1.70. The van der Waals surface area contributed by atoms with Crippen molar-refractivity contribution in [3.63, 3.8) is 0 Å². The average Bonchev–Trinajstić information content (AvgIpc) is 2.88. The molecule has 1 unspecified atom stereocenters. The van der Waals surface area contributed by atoms with Crippen LogP contribution < -0.4 is 15.0 Å². The van der Waals surface area contributed by atoms with E-state index in [-0.39, 0.29) is 6.04 Å². The minimum atomic E-state index is -0.154. The van der Waals surface area contributed by atoms with Crippen LogP contribution in [-0.2, 0) is 6.61 Å². The molecule has 0 amide bonds. The second kappa shape index (κ2) is 5.30. The molecular weight excluding hydrogens is 242 g/mol. The summed E-state index contributed by atoms with van der Waals surface area (Å²) in [7, 11) is 0. The summed E-state index contributed by atoms with van der Waals surface area (Å²) >= 11 is 0. The Labute approximate surface area is 111 Å². The van der Waals surface area contributed by atoms with Crippen LogP contribution >= 0.6 is 0 Å². The Morgan fingerprint density at radius 2 is 2.05 bits per heavy atom. The Morgan fingerprint density at radius 3 is 2.84 bits per heavy atom. The molecule has 98 valence electrons. The lowest BCUT2D eigenvalue weighted by Gasteiger charge is -2.08. The minimum absolute atomic E-state index is 0.154. The first-order chi connectivity index (χ1) is 9.36.